The quantitative estimate of drug-likeness (QED) is 0.497. The number of halogens is 1. The number of imidazole rings is 1. The van der Waals surface area contributed by atoms with Crippen LogP contribution in [0.2, 0.25) is 5.15 Å². The minimum absolute atomic E-state index is 0.160. The Hall–Kier alpha value is -3.52. The minimum Gasteiger partial charge on any atom is -0.489 e. The fraction of sp³-hybridized carbons (Fsp3) is 0.292. The number of H-pyrrole nitrogens is 1. The number of aryl methyl sites for hydroxylation is 1. The number of ether oxygens (including phenoxy) is 2. The van der Waals surface area contributed by atoms with E-state index in [1.807, 2.05) is 31.2 Å². The van der Waals surface area contributed by atoms with Gasteiger partial charge >= 0.3 is 5.97 Å². The predicted octanol–water partition coefficient (Wildman–Crippen LogP) is 4.45. The van der Waals surface area contributed by atoms with Gasteiger partial charge in [0.25, 0.3) is 5.91 Å². The fourth-order valence-corrected chi connectivity index (χ4v) is 3.98. The number of rotatable bonds is 7. The summed E-state index contributed by atoms with van der Waals surface area (Å²) in [5, 5.41) is 3.13. The Morgan fingerprint density at radius 1 is 1.24 bits per heavy atom. The van der Waals surface area contributed by atoms with Crippen LogP contribution in [-0.2, 0) is 17.7 Å². The lowest BCUT2D eigenvalue weighted by Gasteiger charge is -2.32. The normalized spacial score (nSPS) is 12.6. The lowest BCUT2D eigenvalue weighted by atomic mass is 10.1. The van der Waals surface area contributed by atoms with Crippen molar-refractivity contribution in [2.45, 2.75) is 26.8 Å². The Morgan fingerprint density at radius 3 is 2.82 bits per heavy atom. The van der Waals surface area contributed by atoms with Crippen molar-refractivity contribution in [1.29, 1.82) is 0 Å². The van der Waals surface area contributed by atoms with Gasteiger partial charge in [-0.25, -0.2) is 9.78 Å². The second kappa shape index (κ2) is 9.95. The molecule has 0 saturated heterocycles. The van der Waals surface area contributed by atoms with Gasteiger partial charge in [0.05, 0.1) is 30.1 Å². The van der Waals surface area contributed by atoms with E-state index >= 15 is 0 Å². The maximum Gasteiger partial charge on any atom is 0.338 e. The van der Waals surface area contributed by atoms with Crippen LogP contribution in [0.25, 0.3) is 0 Å². The highest BCUT2D eigenvalue weighted by Gasteiger charge is 2.22. The molecule has 2 aromatic carbocycles. The van der Waals surface area contributed by atoms with Crippen LogP contribution < -0.4 is 15.0 Å². The number of amides is 1. The number of fused-ring (bicyclic) bond motifs is 1. The predicted molar refractivity (Wildman–Crippen MR) is 126 cm³/mol. The summed E-state index contributed by atoms with van der Waals surface area (Å²) in [5.41, 5.74) is 3.61. The van der Waals surface area contributed by atoms with Crippen molar-refractivity contribution in [3.05, 3.63) is 70.3 Å². The summed E-state index contributed by atoms with van der Waals surface area (Å²) in [6.45, 7) is 5.73. The van der Waals surface area contributed by atoms with Crippen LogP contribution in [0.15, 0.2) is 42.5 Å². The molecular weight excluding hydrogens is 444 g/mol. The standard InChI is InChI=1S/C24H25ClN4O4/c1-3-18-21(25)28-22(27-18)23(30)26-16-9-10-19-20(13-16)33-12-11-29(19)14-15-7-5-6-8-17(15)24(31)32-4-2/h5-10,13H,3-4,11-12,14H2,1-2H3,(H,26,30)(H,27,28). The number of hydrogen-bond donors (Lipinski definition) is 2. The first-order valence-corrected chi connectivity index (χ1v) is 11.2. The summed E-state index contributed by atoms with van der Waals surface area (Å²) in [6, 6.07) is 12.9. The zero-order valence-electron chi connectivity index (χ0n) is 18.5. The molecule has 0 spiro atoms. The molecule has 0 saturated carbocycles. The van der Waals surface area contributed by atoms with E-state index in [1.165, 1.54) is 0 Å². The summed E-state index contributed by atoms with van der Waals surface area (Å²) in [5.74, 6) is 0.101. The van der Waals surface area contributed by atoms with Crippen molar-refractivity contribution in [3.63, 3.8) is 0 Å². The molecule has 1 aliphatic heterocycles. The largest absolute Gasteiger partial charge is 0.489 e. The molecule has 0 radical (unpaired) electrons. The topological polar surface area (TPSA) is 96.6 Å². The van der Waals surface area contributed by atoms with Gasteiger partial charge in [-0.2, -0.15) is 0 Å². The van der Waals surface area contributed by atoms with E-state index < -0.39 is 0 Å². The Balaban J connectivity index is 1.52. The molecule has 1 aromatic heterocycles. The van der Waals surface area contributed by atoms with E-state index in [4.69, 9.17) is 21.1 Å². The van der Waals surface area contributed by atoms with Crippen LogP contribution in [-0.4, -0.2) is 41.6 Å². The lowest BCUT2D eigenvalue weighted by Crippen LogP contribution is -2.32. The molecule has 33 heavy (non-hydrogen) atoms. The molecule has 1 amide bonds. The van der Waals surface area contributed by atoms with Gasteiger partial charge in [-0.3, -0.25) is 4.79 Å². The number of carbonyl (C=O) groups is 2. The monoisotopic (exact) mass is 468 g/mol. The zero-order chi connectivity index (χ0) is 23.4. The molecule has 8 nitrogen and oxygen atoms in total. The zero-order valence-corrected chi connectivity index (χ0v) is 19.2. The third-order valence-corrected chi connectivity index (χ3v) is 5.66. The van der Waals surface area contributed by atoms with Crippen molar-refractivity contribution in [3.8, 4) is 5.75 Å². The van der Waals surface area contributed by atoms with E-state index in [2.05, 4.69) is 20.2 Å². The smallest absolute Gasteiger partial charge is 0.338 e. The molecule has 4 rings (SSSR count). The van der Waals surface area contributed by atoms with Crippen LogP contribution in [0.4, 0.5) is 11.4 Å². The molecule has 0 aliphatic carbocycles. The van der Waals surface area contributed by atoms with Crippen molar-refractivity contribution in [2.75, 3.05) is 30.0 Å². The molecule has 2 N–H and O–H groups in total. The van der Waals surface area contributed by atoms with Crippen molar-refractivity contribution in [2.24, 2.45) is 0 Å². The van der Waals surface area contributed by atoms with E-state index in [1.54, 1.807) is 25.1 Å². The summed E-state index contributed by atoms with van der Waals surface area (Å²) in [6.07, 6.45) is 0.654. The van der Waals surface area contributed by atoms with Gasteiger partial charge in [0.2, 0.25) is 0 Å². The van der Waals surface area contributed by atoms with Crippen LogP contribution in [0.3, 0.4) is 0 Å². The summed E-state index contributed by atoms with van der Waals surface area (Å²) >= 11 is 6.04. The van der Waals surface area contributed by atoms with Crippen molar-refractivity contribution in [1.82, 2.24) is 9.97 Å². The molecule has 0 fully saturated rings. The molecular formula is C24H25ClN4O4. The Morgan fingerprint density at radius 2 is 2.06 bits per heavy atom. The van der Waals surface area contributed by atoms with Gasteiger partial charge in [-0.1, -0.05) is 36.7 Å². The van der Waals surface area contributed by atoms with Gasteiger partial charge in [0, 0.05) is 18.3 Å². The second-order valence-electron chi connectivity index (χ2n) is 7.49. The molecule has 3 aromatic rings. The van der Waals surface area contributed by atoms with Gasteiger partial charge in [-0.15, -0.1) is 0 Å². The lowest BCUT2D eigenvalue weighted by molar-refractivity contribution is 0.0525. The van der Waals surface area contributed by atoms with Gasteiger partial charge in [-0.05, 0) is 37.1 Å². The van der Waals surface area contributed by atoms with Crippen LogP contribution >= 0.6 is 11.6 Å². The highest BCUT2D eigenvalue weighted by Crippen LogP contribution is 2.35. The van der Waals surface area contributed by atoms with Gasteiger partial charge in [0.15, 0.2) is 11.0 Å². The van der Waals surface area contributed by atoms with E-state index in [-0.39, 0.29) is 17.7 Å². The first-order chi connectivity index (χ1) is 16.0. The number of carbonyl (C=O) groups excluding carboxylic acids is 2. The van der Waals surface area contributed by atoms with E-state index in [9.17, 15) is 9.59 Å². The maximum absolute atomic E-state index is 12.6. The summed E-state index contributed by atoms with van der Waals surface area (Å²) in [4.78, 5) is 34.1. The number of esters is 1. The highest BCUT2D eigenvalue weighted by molar-refractivity contribution is 6.30. The summed E-state index contributed by atoms with van der Waals surface area (Å²) < 4.78 is 11.0. The van der Waals surface area contributed by atoms with Crippen LogP contribution in [0, 0.1) is 0 Å². The Kier molecular flexibility index (Phi) is 6.84. The first-order valence-electron chi connectivity index (χ1n) is 10.8. The summed E-state index contributed by atoms with van der Waals surface area (Å²) in [7, 11) is 0. The SMILES string of the molecule is CCOC(=O)c1ccccc1CN1CCOc2cc(NC(=O)c3nc(Cl)c(CC)[nH]3)ccc21. The number of aromatic amines is 1. The Bertz CT molecular complexity index is 1180. The third kappa shape index (κ3) is 4.96. The maximum atomic E-state index is 12.6. The number of benzene rings is 2. The molecule has 9 heteroatoms. The van der Waals surface area contributed by atoms with Crippen molar-refractivity contribution >= 4 is 34.9 Å². The minimum atomic E-state index is -0.382. The molecule has 172 valence electrons. The number of nitrogens with zero attached hydrogens (tertiary/aromatic N) is 2. The number of aromatic nitrogens is 2. The molecule has 1 aliphatic rings. The molecule has 0 bridgehead atoms. The second-order valence-corrected chi connectivity index (χ2v) is 7.85. The first kappa shape index (κ1) is 22.7. The average molecular weight is 469 g/mol. The van der Waals surface area contributed by atoms with Gasteiger partial charge < -0.3 is 24.7 Å². The Labute approximate surface area is 196 Å². The molecule has 0 atom stereocenters. The van der Waals surface area contributed by atoms with Gasteiger partial charge in [0.1, 0.15) is 12.4 Å². The number of nitrogens with one attached hydrogen (secondary N) is 2. The fourth-order valence-electron chi connectivity index (χ4n) is 3.71. The number of anilines is 2. The van der Waals surface area contributed by atoms with E-state index in [0.717, 1.165) is 11.3 Å². The highest BCUT2D eigenvalue weighted by atomic mass is 35.5. The average Bonchev–Trinajstić information content (AvgIpc) is 3.20. The molecule has 2 heterocycles. The van der Waals surface area contributed by atoms with Crippen LogP contribution in [0.1, 0.15) is 46.1 Å². The number of hydrogen-bond acceptors (Lipinski definition) is 6. The van der Waals surface area contributed by atoms with Crippen molar-refractivity contribution < 1.29 is 19.1 Å². The van der Waals surface area contributed by atoms with Crippen LogP contribution in [0.5, 0.6) is 5.75 Å². The molecule has 0 unspecified atom stereocenters. The van der Waals surface area contributed by atoms with E-state index in [0.29, 0.717) is 60.6 Å². The third-order valence-electron chi connectivity index (χ3n) is 5.35.